The van der Waals surface area contributed by atoms with Gasteiger partial charge in [-0.05, 0) is 26.3 Å². The van der Waals surface area contributed by atoms with Gasteiger partial charge in [0.25, 0.3) is 0 Å². The van der Waals surface area contributed by atoms with Crippen LogP contribution in [0, 0.1) is 5.82 Å². The fraction of sp³-hybridized carbons (Fsp3) is 0.545. The SMILES string of the molecule is CC1(C)C[C@@H]([C@@H](O)c2cncc(F)c2)N1.Cl.Cl. The predicted octanol–water partition coefficient (Wildman–Crippen LogP) is 2.24. The van der Waals surface area contributed by atoms with Crippen LogP contribution in [0.2, 0.25) is 0 Å². The molecule has 0 radical (unpaired) electrons. The van der Waals surface area contributed by atoms with Crippen molar-refractivity contribution in [2.24, 2.45) is 0 Å². The van der Waals surface area contributed by atoms with Crippen LogP contribution in [0.4, 0.5) is 4.39 Å². The van der Waals surface area contributed by atoms with E-state index in [-0.39, 0.29) is 36.4 Å². The molecule has 2 N–H and O–H groups in total. The molecule has 2 heterocycles. The van der Waals surface area contributed by atoms with Crippen molar-refractivity contribution in [3.05, 3.63) is 29.8 Å². The largest absolute Gasteiger partial charge is 0.387 e. The van der Waals surface area contributed by atoms with E-state index in [1.165, 1.54) is 12.3 Å². The first-order valence-corrected chi connectivity index (χ1v) is 5.04. The van der Waals surface area contributed by atoms with E-state index in [1.807, 2.05) is 0 Å². The second-order valence-corrected chi connectivity index (χ2v) is 4.72. The molecule has 1 aromatic heterocycles. The summed E-state index contributed by atoms with van der Waals surface area (Å²) in [6.07, 6.45) is 2.83. The number of pyridine rings is 1. The molecule has 3 nitrogen and oxygen atoms in total. The fourth-order valence-corrected chi connectivity index (χ4v) is 2.04. The second kappa shape index (κ2) is 5.96. The molecule has 0 saturated carbocycles. The monoisotopic (exact) mass is 282 g/mol. The Balaban J connectivity index is 0.00000128. The van der Waals surface area contributed by atoms with Crippen molar-refractivity contribution in [2.45, 2.75) is 38.0 Å². The molecule has 1 aromatic rings. The minimum absolute atomic E-state index is 0. The molecule has 6 heteroatoms. The van der Waals surface area contributed by atoms with Crippen LogP contribution in [0.25, 0.3) is 0 Å². The molecule has 98 valence electrons. The van der Waals surface area contributed by atoms with Gasteiger partial charge in [0.2, 0.25) is 0 Å². The van der Waals surface area contributed by atoms with E-state index in [0.29, 0.717) is 5.56 Å². The third-order valence-electron chi connectivity index (χ3n) is 2.76. The minimum atomic E-state index is -0.679. The summed E-state index contributed by atoms with van der Waals surface area (Å²) in [5.74, 6) is -0.412. The highest BCUT2D eigenvalue weighted by atomic mass is 35.5. The average molecular weight is 283 g/mol. The van der Waals surface area contributed by atoms with Crippen LogP contribution >= 0.6 is 24.8 Å². The summed E-state index contributed by atoms with van der Waals surface area (Å²) in [6.45, 7) is 4.14. The van der Waals surface area contributed by atoms with Gasteiger partial charge < -0.3 is 10.4 Å². The number of aliphatic hydroxyl groups excluding tert-OH is 1. The lowest BCUT2D eigenvalue weighted by molar-refractivity contribution is 0.0386. The second-order valence-electron chi connectivity index (χ2n) is 4.72. The molecule has 2 atom stereocenters. The quantitative estimate of drug-likeness (QED) is 0.875. The molecular formula is C11H17Cl2FN2O. The normalized spacial score (nSPS) is 22.7. The number of hydrogen-bond donors (Lipinski definition) is 2. The van der Waals surface area contributed by atoms with Gasteiger partial charge in [0.15, 0.2) is 0 Å². The Bertz CT molecular complexity index is 368. The maximum Gasteiger partial charge on any atom is 0.141 e. The summed E-state index contributed by atoms with van der Waals surface area (Å²) in [5.41, 5.74) is 0.606. The van der Waals surface area contributed by atoms with Crippen molar-refractivity contribution >= 4 is 24.8 Å². The first kappa shape index (κ1) is 16.6. The Morgan fingerprint density at radius 2 is 2.06 bits per heavy atom. The van der Waals surface area contributed by atoms with Crippen LogP contribution in [-0.4, -0.2) is 21.7 Å². The number of halogens is 3. The lowest BCUT2D eigenvalue weighted by Gasteiger charge is -2.46. The lowest BCUT2D eigenvalue weighted by Crippen LogP contribution is -2.61. The van der Waals surface area contributed by atoms with Crippen molar-refractivity contribution in [3.8, 4) is 0 Å². The summed E-state index contributed by atoms with van der Waals surface area (Å²) in [7, 11) is 0. The molecule has 0 amide bonds. The Morgan fingerprint density at radius 3 is 2.53 bits per heavy atom. The standard InChI is InChI=1S/C11H15FN2O.2ClH/c1-11(2)4-9(14-11)10(15)7-3-8(12)6-13-5-7;;/h3,5-6,9-10,14-15H,4H2,1-2H3;2*1H/t9-,10-;;/m0../s1. The summed E-state index contributed by atoms with van der Waals surface area (Å²) >= 11 is 0. The maximum absolute atomic E-state index is 12.9. The third kappa shape index (κ3) is 3.78. The first-order valence-electron chi connectivity index (χ1n) is 5.04. The molecular weight excluding hydrogens is 266 g/mol. The number of hydrogen-bond acceptors (Lipinski definition) is 3. The van der Waals surface area contributed by atoms with Crippen molar-refractivity contribution in [1.82, 2.24) is 10.3 Å². The molecule has 2 rings (SSSR count). The smallest absolute Gasteiger partial charge is 0.141 e. The van der Waals surface area contributed by atoms with Crippen molar-refractivity contribution in [2.75, 3.05) is 0 Å². The summed E-state index contributed by atoms with van der Waals surface area (Å²) < 4.78 is 12.9. The van der Waals surface area contributed by atoms with Crippen LogP contribution < -0.4 is 5.32 Å². The lowest BCUT2D eigenvalue weighted by atomic mass is 9.81. The van der Waals surface area contributed by atoms with Gasteiger partial charge >= 0.3 is 0 Å². The predicted molar refractivity (Wildman–Crippen MR) is 69.3 cm³/mol. The van der Waals surface area contributed by atoms with Gasteiger partial charge in [-0.2, -0.15) is 0 Å². The molecule has 17 heavy (non-hydrogen) atoms. The molecule has 0 bridgehead atoms. The number of aliphatic hydroxyl groups is 1. The molecule has 1 aliphatic rings. The van der Waals surface area contributed by atoms with E-state index in [4.69, 9.17) is 0 Å². The molecule has 0 aromatic carbocycles. The minimum Gasteiger partial charge on any atom is -0.387 e. The van der Waals surface area contributed by atoms with Crippen LogP contribution in [0.1, 0.15) is 31.9 Å². The van der Waals surface area contributed by atoms with E-state index < -0.39 is 11.9 Å². The number of nitrogens with zero attached hydrogens (tertiary/aromatic N) is 1. The molecule has 0 unspecified atom stereocenters. The zero-order valence-corrected chi connectivity index (χ0v) is 11.3. The zero-order chi connectivity index (χ0) is 11.1. The molecule has 1 fully saturated rings. The highest BCUT2D eigenvalue weighted by molar-refractivity contribution is 5.85. The van der Waals surface area contributed by atoms with Crippen LogP contribution in [0.5, 0.6) is 0 Å². The van der Waals surface area contributed by atoms with E-state index in [1.54, 1.807) is 0 Å². The Kier molecular flexibility index (Phi) is 5.81. The van der Waals surface area contributed by atoms with Crippen molar-refractivity contribution in [1.29, 1.82) is 0 Å². The summed E-state index contributed by atoms with van der Waals surface area (Å²) in [4.78, 5) is 3.72. The number of aromatic nitrogens is 1. The maximum atomic E-state index is 12.9. The fourth-order valence-electron chi connectivity index (χ4n) is 2.04. The molecule has 0 aliphatic carbocycles. The van der Waals surface area contributed by atoms with Gasteiger partial charge in [-0.25, -0.2) is 4.39 Å². The van der Waals surface area contributed by atoms with Gasteiger partial charge in [-0.1, -0.05) is 0 Å². The average Bonchev–Trinajstić information content (AvgIpc) is 2.13. The van der Waals surface area contributed by atoms with Crippen LogP contribution in [-0.2, 0) is 0 Å². The van der Waals surface area contributed by atoms with Gasteiger partial charge in [-0.3, -0.25) is 4.98 Å². The third-order valence-corrected chi connectivity index (χ3v) is 2.76. The van der Waals surface area contributed by atoms with E-state index >= 15 is 0 Å². The Hall–Kier alpha value is -0.420. The highest BCUT2D eigenvalue weighted by Gasteiger charge is 2.39. The van der Waals surface area contributed by atoms with E-state index in [0.717, 1.165) is 12.6 Å². The van der Waals surface area contributed by atoms with Gasteiger partial charge in [0.05, 0.1) is 12.3 Å². The van der Waals surface area contributed by atoms with Crippen LogP contribution in [0.3, 0.4) is 0 Å². The molecule has 1 saturated heterocycles. The topological polar surface area (TPSA) is 45.2 Å². The van der Waals surface area contributed by atoms with Crippen LogP contribution in [0.15, 0.2) is 18.5 Å². The van der Waals surface area contributed by atoms with Crippen molar-refractivity contribution < 1.29 is 9.50 Å². The van der Waals surface area contributed by atoms with Gasteiger partial charge in [0, 0.05) is 23.3 Å². The number of rotatable bonds is 2. The molecule has 1 aliphatic heterocycles. The zero-order valence-electron chi connectivity index (χ0n) is 9.68. The van der Waals surface area contributed by atoms with Crippen molar-refractivity contribution in [3.63, 3.8) is 0 Å². The van der Waals surface area contributed by atoms with E-state index in [9.17, 15) is 9.50 Å². The highest BCUT2D eigenvalue weighted by Crippen LogP contribution is 2.31. The summed E-state index contributed by atoms with van der Waals surface area (Å²) in [6, 6.07) is 1.33. The molecule has 0 spiro atoms. The van der Waals surface area contributed by atoms with E-state index in [2.05, 4.69) is 24.1 Å². The van der Waals surface area contributed by atoms with Gasteiger partial charge in [0.1, 0.15) is 5.82 Å². The van der Waals surface area contributed by atoms with Gasteiger partial charge in [-0.15, -0.1) is 24.8 Å². The Labute approximate surface area is 113 Å². The Morgan fingerprint density at radius 1 is 1.47 bits per heavy atom. The first-order chi connectivity index (χ1) is 6.98. The number of nitrogens with one attached hydrogen (secondary N) is 1. The summed E-state index contributed by atoms with van der Waals surface area (Å²) in [5, 5.41) is 13.2.